The van der Waals surface area contributed by atoms with Gasteiger partial charge in [-0.3, -0.25) is 0 Å². The van der Waals surface area contributed by atoms with Crippen molar-refractivity contribution in [3.63, 3.8) is 0 Å². The van der Waals surface area contributed by atoms with Gasteiger partial charge in [-0.25, -0.2) is 13.6 Å². The summed E-state index contributed by atoms with van der Waals surface area (Å²) >= 11 is 0. The molecular weight excluding hydrogens is 264 g/mol. The molecule has 3 aromatic rings. The fourth-order valence-corrected chi connectivity index (χ4v) is 2.19. The lowest BCUT2D eigenvalue weighted by molar-refractivity contribution is 0.0692. The molecule has 0 aliphatic rings. The third-order valence-electron chi connectivity index (χ3n) is 3.15. The molecule has 0 amide bonds. The molecule has 20 heavy (non-hydrogen) atoms. The van der Waals surface area contributed by atoms with Crippen LogP contribution in [0.2, 0.25) is 0 Å². The fourth-order valence-electron chi connectivity index (χ4n) is 2.19. The van der Waals surface area contributed by atoms with Crippen LogP contribution in [-0.4, -0.2) is 16.1 Å². The average molecular weight is 273 g/mol. The van der Waals surface area contributed by atoms with Gasteiger partial charge >= 0.3 is 5.97 Å². The van der Waals surface area contributed by atoms with E-state index in [2.05, 4.69) is 4.98 Å². The number of halogens is 2. The minimum Gasteiger partial charge on any atom is -0.478 e. The first-order chi connectivity index (χ1) is 9.56. The van der Waals surface area contributed by atoms with Crippen molar-refractivity contribution in [3.8, 4) is 11.1 Å². The topological polar surface area (TPSA) is 53.1 Å². The summed E-state index contributed by atoms with van der Waals surface area (Å²) in [5.74, 6) is -2.47. The Morgan fingerprint density at radius 3 is 2.60 bits per heavy atom. The highest BCUT2D eigenvalue weighted by Crippen LogP contribution is 2.30. The maximum atomic E-state index is 13.7. The van der Waals surface area contributed by atoms with Crippen LogP contribution < -0.4 is 0 Å². The SMILES string of the molecule is O=C(O)c1ccc(-c2c[nH]c3cc(F)ccc23)cc1F. The number of fused-ring (bicyclic) bond motifs is 1. The number of carbonyl (C=O) groups is 1. The number of benzene rings is 2. The van der Waals surface area contributed by atoms with Crippen molar-refractivity contribution in [2.45, 2.75) is 0 Å². The standard InChI is InChI=1S/C15H9F2NO2/c16-9-2-4-10-12(7-18-14(10)6-9)8-1-3-11(15(19)20)13(17)5-8/h1-7,18H,(H,19,20). The Labute approximate surface area is 112 Å². The first kappa shape index (κ1) is 12.3. The third-order valence-corrected chi connectivity index (χ3v) is 3.15. The zero-order chi connectivity index (χ0) is 14.3. The molecule has 1 aromatic heterocycles. The van der Waals surface area contributed by atoms with Crippen LogP contribution in [0.3, 0.4) is 0 Å². The van der Waals surface area contributed by atoms with E-state index in [1.807, 2.05) is 0 Å². The van der Waals surface area contributed by atoms with Crippen LogP contribution in [-0.2, 0) is 0 Å². The van der Waals surface area contributed by atoms with Crippen molar-refractivity contribution in [1.29, 1.82) is 0 Å². The van der Waals surface area contributed by atoms with Crippen molar-refractivity contribution in [2.75, 3.05) is 0 Å². The van der Waals surface area contributed by atoms with Gasteiger partial charge < -0.3 is 10.1 Å². The lowest BCUT2D eigenvalue weighted by atomic mass is 10.0. The summed E-state index contributed by atoms with van der Waals surface area (Å²) < 4.78 is 26.8. The Morgan fingerprint density at radius 2 is 1.90 bits per heavy atom. The van der Waals surface area contributed by atoms with E-state index < -0.39 is 11.8 Å². The summed E-state index contributed by atoms with van der Waals surface area (Å²) in [6, 6.07) is 8.17. The number of H-pyrrole nitrogens is 1. The van der Waals surface area contributed by atoms with Crippen molar-refractivity contribution >= 4 is 16.9 Å². The lowest BCUT2D eigenvalue weighted by Gasteiger charge is -2.02. The molecule has 1 heterocycles. The van der Waals surface area contributed by atoms with E-state index in [1.54, 1.807) is 12.3 Å². The number of hydrogen-bond acceptors (Lipinski definition) is 1. The fraction of sp³-hybridized carbons (Fsp3) is 0. The quantitative estimate of drug-likeness (QED) is 0.746. The van der Waals surface area contributed by atoms with E-state index in [1.165, 1.54) is 24.3 Å². The highest BCUT2D eigenvalue weighted by molar-refractivity contribution is 5.96. The minimum absolute atomic E-state index is 0.363. The van der Waals surface area contributed by atoms with Gasteiger partial charge in [-0.15, -0.1) is 0 Å². The van der Waals surface area contributed by atoms with E-state index in [0.717, 1.165) is 11.5 Å². The Kier molecular flexibility index (Phi) is 2.75. The Morgan fingerprint density at radius 1 is 1.10 bits per heavy atom. The molecule has 0 atom stereocenters. The monoisotopic (exact) mass is 273 g/mol. The molecule has 100 valence electrons. The number of carboxylic acid groups (broad SMARTS) is 1. The van der Waals surface area contributed by atoms with E-state index in [0.29, 0.717) is 16.6 Å². The number of aromatic amines is 1. The molecule has 0 unspecified atom stereocenters. The van der Waals surface area contributed by atoms with E-state index in [-0.39, 0.29) is 11.4 Å². The Balaban J connectivity index is 2.16. The second-order valence-electron chi connectivity index (χ2n) is 4.39. The zero-order valence-corrected chi connectivity index (χ0v) is 10.2. The Bertz CT molecular complexity index is 824. The van der Waals surface area contributed by atoms with E-state index in [9.17, 15) is 13.6 Å². The molecule has 2 aromatic carbocycles. The average Bonchev–Trinajstić information content (AvgIpc) is 2.80. The largest absolute Gasteiger partial charge is 0.478 e. The highest BCUT2D eigenvalue weighted by atomic mass is 19.1. The molecule has 0 spiro atoms. The maximum absolute atomic E-state index is 13.7. The van der Waals surface area contributed by atoms with Crippen molar-refractivity contribution < 1.29 is 18.7 Å². The predicted octanol–water partition coefficient (Wildman–Crippen LogP) is 3.81. The zero-order valence-electron chi connectivity index (χ0n) is 10.2. The summed E-state index contributed by atoms with van der Waals surface area (Å²) in [6.07, 6.45) is 1.64. The van der Waals surface area contributed by atoms with Crippen LogP contribution in [0.25, 0.3) is 22.0 Å². The molecular formula is C15H9F2NO2. The number of rotatable bonds is 2. The minimum atomic E-state index is -1.31. The van der Waals surface area contributed by atoms with Crippen molar-refractivity contribution in [2.24, 2.45) is 0 Å². The highest BCUT2D eigenvalue weighted by Gasteiger charge is 2.13. The van der Waals surface area contributed by atoms with Crippen LogP contribution >= 0.6 is 0 Å². The molecule has 0 fully saturated rings. The summed E-state index contributed by atoms with van der Waals surface area (Å²) in [4.78, 5) is 13.7. The second kappa shape index (κ2) is 4.45. The van der Waals surface area contributed by atoms with Gasteiger partial charge in [-0.2, -0.15) is 0 Å². The molecule has 3 nitrogen and oxygen atoms in total. The maximum Gasteiger partial charge on any atom is 0.338 e. The molecule has 3 rings (SSSR count). The molecule has 0 bridgehead atoms. The van der Waals surface area contributed by atoms with Crippen molar-refractivity contribution in [1.82, 2.24) is 4.98 Å². The number of aromatic nitrogens is 1. The van der Waals surface area contributed by atoms with Gasteiger partial charge in [0.1, 0.15) is 11.6 Å². The van der Waals surface area contributed by atoms with Gasteiger partial charge in [0.25, 0.3) is 0 Å². The first-order valence-electron chi connectivity index (χ1n) is 5.86. The lowest BCUT2D eigenvalue weighted by Crippen LogP contribution is -2.00. The molecule has 0 radical (unpaired) electrons. The number of hydrogen-bond donors (Lipinski definition) is 2. The van der Waals surface area contributed by atoms with E-state index >= 15 is 0 Å². The van der Waals surface area contributed by atoms with Crippen LogP contribution in [0.4, 0.5) is 8.78 Å². The predicted molar refractivity (Wildman–Crippen MR) is 70.6 cm³/mol. The smallest absolute Gasteiger partial charge is 0.338 e. The summed E-state index contributed by atoms with van der Waals surface area (Å²) in [5.41, 5.74) is 1.45. The molecule has 5 heteroatoms. The molecule has 0 saturated heterocycles. The number of aromatic carboxylic acids is 1. The third kappa shape index (κ3) is 1.93. The number of nitrogens with one attached hydrogen (secondary N) is 1. The van der Waals surface area contributed by atoms with E-state index in [4.69, 9.17) is 5.11 Å². The number of carboxylic acids is 1. The van der Waals surface area contributed by atoms with Crippen LogP contribution in [0.5, 0.6) is 0 Å². The Hall–Kier alpha value is -2.69. The van der Waals surface area contributed by atoms with Crippen LogP contribution in [0.1, 0.15) is 10.4 Å². The molecule has 2 N–H and O–H groups in total. The summed E-state index contributed by atoms with van der Waals surface area (Å²) in [6.45, 7) is 0. The van der Waals surface area contributed by atoms with Gasteiger partial charge in [0.05, 0.1) is 5.56 Å². The van der Waals surface area contributed by atoms with Gasteiger partial charge in [0, 0.05) is 22.7 Å². The van der Waals surface area contributed by atoms with Gasteiger partial charge in [0.2, 0.25) is 0 Å². The van der Waals surface area contributed by atoms with Crippen molar-refractivity contribution in [3.05, 3.63) is 59.8 Å². The van der Waals surface area contributed by atoms with Gasteiger partial charge in [-0.05, 0) is 35.9 Å². The van der Waals surface area contributed by atoms with Gasteiger partial charge in [-0.1, -0.05) is 6.07 Å². The van der Waals surface area contributed by atoms with Gasteiger partial charge in [0.15, 0.2) is 0 Å². The first-order valence-corrected chi connectivity index (χ1v) is 5.86. The van der Waals surface area contributed by atoms with Crippen LogP contribution in [0.15, 0.2) is 42.6 Å². The molecule has 0 saturated carbocycles. The molecule has 0 aliphatic carbocycles. The molecule has 0 aliphatic heterocycles. The summed E-state index contributed by atoms with van der Waals surface area (Å²) in [7, 11) is 0. The van der Waals surface area contributed by atoms with Crippen LogP contribution in [0, 0.1) is 11.6 Å². The normalized spacial score (nSPS) is 10.9. The summed E-state index contributed by atoms with van der Waals surface area (Å²) in [5, 5.41) is 9.55. The second-order valence-corrected chi connectivity index (χ2v) is 4.39.